The number of amides is 3. The van der Waals surface area contributed by atoms with Crippen LogP contribution in [0.15, 0.2) is 96.1 Å². The summed E-state index contributed by atoms with van der Waals surface area (Å²) in [5.74, 6) is 1.27. The lowest BCUT2D eigenvalue weighted by molar-refractivity contribution is 0.0302. The van der Waals surface area contributed by atoms with Crippen molar-refractivity contribution in [2.24, 2.45) is 4.99 Å². The van der Waals surface area contributed by atoms with Gasteiger partial charge in [-0.1, -0.05) is 41.3 Å². The van der Waals surface area contributed by atoms with E-state index < -0.39 is 0 Å². The average Bonchev–Trinajstić information content (AvgIpc) is 3.58. The van der Waals surface area contributed by atoms with Gasteiger partial charge in [-0.05, 0) is 42.3 Å². The van der Waals surface area contributed by atoms with E-state index in [1.807, 2.05) is 72.8 Å². The zero-order valence-corrected chi connectivity index (χ0v) is 25.6. The largest absolute Gasteiger partial charge is 0.378 e. The summed E-state index contributed by atoms with van der Waals surface area (Å²) in [6.07, 6.45) is 7.45. The van der Waals surface area contributed by atoms with Crippen molar-refractivity contribution in [3.05, 3.63) is 108 Å². The Bertz CT molecular complexity index is 1710. The molecular weight excluding hydrogens is 582 g/mol. The number of morpholine rings is 1. The Hall–Kier alpha value is -5.51. The number of hydrogen-bond donors (Lipinski definition) is 2. The van der Waals surface area contributed by atoms with Gasteiger partial charge in [0.2, 0.25) is 6.67 Å². The smallest absolute Gasteiger partial charge is 0.322 e. The van der Waals surface area contributed by atoms with Crippen LogP contribution in [0.4, 0.5) is 22.0 Å². The lowest BCUT2D eigenvalue weighted by atomic mass is 10.1. The molecule has 4 heterocycles. The Morgan fingerprint density at radius 3 is 2.67 bits per heavy atom. The van der Waals surface area contributed by atoms with Crippen LogP contribution in [0.2, 0.25) is 0 Å². The fraction of sp³-hybridized carbons (Fsp3) is 0.265. The Labute approximate surface area is 267 Å². The molecule has 0 spiro atoms. The minimum Gasteiger partial charge on any atom is -0.378 e. The van der Waals surface area contributed by atoms with Crippen LogP contribution in [0.5, 0.6) is 0 Å². The third-order valence-electron chi connectivity index (χ3n) is 7.97. The first-order chi connectivity index (χ1) is 22.5. The summed E-state index contributed by atoms with van der Waals surface area (Å²) in [5.41, 5.74) is 4.72. The Balaban J connectivity index is 1.19. The highest BCUT2D eigenvalue weighted by molar-refractivity contribution is 6.06. The molecule has 1 saturated heterocycles. The number of hydrogen-bond acceptors (Lipinski definition) is 9. The molecule has 2 aromatic carbocycles. The van der Waals surface area contributed by atoms with Crippen molar-refractivity contribution < 1.29 is 14.3 Å². The van der Waals surface area contributed by atoms with Crippen molar-refractivity contribution in [3.8, 4) is 6.07 Å². The zero-order valence-electron chi connectivity index (χ0n) is 25.6. The van der Waals surface area contributed by atoms with Gasteiger partial charge in [-0.15, -0.1) is 0 Å². The second kappa shape index (κ2) is 14.1. The van der Waals surface area contributed by atoms with Crippen LogP contribution in [0, 0.1) is 18.3 Å². The van der Waals surface area contributed by atoms with Crippen LogP contribution in [0.1, 0.15) is 27.9 Å². The minimum absolute atomic E-state index is 0.0587. The summed E-state index contributed by atoms with van der Waals surface area (Å²) in [7, 11) is 0. The number of ether oxygens (including phenoxy) is 1. The number of benzene rings is 2. The number of nitriles is 1. The number of urea groups is 1. The number of carbonyl (C=O) groups is 2. The summed E-state index contributed by atoms with van der Waals surface area (Å²) >= 11 is 0. The molecule has 6 rings (SSSR count). The Morgan fingerprint density at radius 2 is 1.91 bits per heavy atom. The summed E-state index contributed by atoms with van der Waals surface area (Å²) in [4.78, 5) is 42.9. The average molecular weight is 618 g/mol. The highest BCUT2D eigenvalue weighted by atomic mass is 16.5. The fourth-order valence-corrected chi connectivity index (χ4v) is 5.51. The van der Waals surface area contributed by atoms with Crippen LogP contribution in [-0.4, -0.2) is 72.1 Å². The molecule has 1 aromatic heterocycles. The van der Waals surface area contributed by atoms with E-state index in [1.165, 1.54) is 0 Å². The van der Waals surface area contributed by atoms with E-state index in [1.54, 1.807) is 34.3 Å². The molecule has 233 valence electrons. The van der Waals surface area contributed by atoms with Gasteiger partial charge >= 0.3 is 11.9 Å². The third kappa shape index (κ3) is 6.91. The normalized spacial score (nSPS) is 15.8. The predicted molar refractivity (Wildman–Crippen MR) is 176 cm³/mol. The number of pyridine rings is 1. The summed E-state index contributed by atoms with van der Waals surface area (Å²) < 4.78 is 5.36. The van der Waals surface area contributed by atoms with Crippen LogP contribution in [0.25, 0.3) is 0 Å². The molecule has 3 aliphatic heterocycles. The Kier molecular flexibility index (Phi) is 9.33. The molecular formula is C34H35N9O3+. The molecule has 1 fully saturated rings. The fourth-order valence-electron chi connectivity index (χ4n) is 5.51. The van der Waals surface area contributed by atoms with Gasteiger partial charge in [0.1, 0.15) is 11.5 Å². The number of nitrogens with one attached hydrogen (secondary N) is 2. The van der Waals surface area contributed by atoms with Crippen molar-refractivity contribution in [1.29, 1.82) is 5.26 Å². The summed E-state index contributed by atoms with van der Waals surface area (Å²) in [6.45, 7) is 5.43. The van der Waals surface area contributed by atoms with Crippen LogP contribution in [0.3, 0.4) is 0 Å². The maximum absolute atomic E-state index is 13.4. The molecule has 1 radical (unpaired) electrons. The topological polar surface area (TPSA) is 132 Å². The lowest BCUT2D eigenvalue weighted by Crippen LogP contribution is -2.46. The second-order valence-electron chi connectivity index (χ2n) is 11.0. The van der Waals surface area contributed by atoms with Crippen LogP contribution < -0.4 is 20.4 Å². The first kappa shape index (κ1) is 30.5. The van der Waals surface area contributed by atoms with Gasteiger partial charge in [0.05, 0.1) is 43.2 Å². The Morgan fingerprint density at radius 1 is 1.09 bits per heavy atom. The van der Waals surface area contributed by atoms with Crippen molar-refractivity contribution >= 4 is 35.0 Å². The molecule has 3 aliphatic rings. The first-order valence-corrected chi connectivity index (χ1v) is 15.2. The quantitative estimate of drug-likeness (QED) is 0.337. The van der Waals surface area contributed by atoms with Crippen molar-refractivity contribution in [2.45, 2.75) is 19.9 Å². The lowest BCUT2D eigenvalue weighted by Gasteiger charge is -2.28. The molecule has 12 nitrogen and oxygen atoms in total. The van der Waals surface area contributed by atoms with Gasteiger partial charge in [0, 0.05) is 44.3 Å². The molecule has 46 heavy (non-hydrogen) atoms. The van der Waals surface area contributed by atoms with E-state index in [-0.39, 0.29) is 18.4 Å². The van der Waals surface area contributed by atoms with E-state index in [0.717, 1.165) is 28.3 Å². The van der Waals surface area contributed by atoms with Crippen LogP contribution in [-0.2, 0) is 11.3 Å². The standard InChI is InChI=1S/C34H35N9O3/c1-25-28(39-34(45)41(15-6-13-35)22-26-7-3-2-4-8-26)9-5-10-30(25)43-23-29(32-36-14-16-42(32)24-43)38-31-12-11-27(21-37-31)33(44)40-17-19-46-20-18-40/h2-5,7-12,14,16,21,23H,6,15,17-20,22,24H2,1H3,(H,37,38)(H,39,45)/q+1. The molecule has 0 aliphatic carbocycles. The number of amidine groups is 1. The van der Waals surface area contributed by atoms with Crippen molar-refractivity contribution in [3.63, 3.8) is 0 Å². The molecule has 0 unspecified atom stereocenters. The third-order valence-corrected chi connectivity index (χ3v) is 7.97. The van der Waals surface area contributed by atoms with Gasteiger partial charge in [-0.2, -0.15) is 10.3 Å². The monoisotopic (exact) mass is 617 g/mol. The molecule has 12 heteroatoms. The van der Waals surface area contributed by atoms with Gasteiger partial charge in [-0.3, -0.25) is 9.69 Å². The number of fused-ring (bicyclic) bond motifs is 1. The number of rotatable bonds is 9. The first-order valence-electron chi connectivity index (χ1n) is 15.2. The van der Waals surface area contributed by atoms with E-state index in [2.05, 4.69) is 31.6 Å². The SMILES string of the molecule is Cc1c(NC(=O)N(CCC#N)Cc2ccccc2)cccc1N1C=C(Nc2ccc(C(=O)N3CCOCC3)cn2)C2=NC=C[N+]2C1. The van der Waals surface area contributed by atoms with Crippen molar-refractivity contribution in [1.82, 2.24) is 19.7 Å². The van der Waals surface area contributed by atoms with Gasteiger partial charge in [-0.25, -0.2) is 9.78 Å². The highest BCUT2D eigenvalue weighted by Crippen LogP contribution is 2.31. The van der Waals surface area contributed by atoms with E-state index >= 15 is 0 Å². The highest BCUT2D eigenvalue weighted by Gasteiger charge is 2.37. The molecule has 0 atom stereocenters. The zero-order chi connectivity index (χ0) is 31.9. The van der Waals surface area contributed by atoms with E-state index in [9.17, 15) is 14.9 Å². The van der Waals surface area contributed by atoms with Gasteiger partial charge < -0.3 is 25.2 Å². The molecule has 3 amide bonds. The van der Waals surface area contributed by atoms with Gasteiger partial charge in [0.25, 0.3) is 5.91 Å². The van der Waals surface area contributed by atoms with E-state index in [4.69, 9.17) is 4.74 Å². The second-order valence-corrected chi connectivity index (χ2v) is 11.0. The molecule has 3 aromatic rings. The maximum Gasteiger partial charge on any atom is 0.322 e. The van der Waals surface area contributed by atoms with E-state index in [0.29, 0.717) is 63.1 Å². The number of nitrogens with zero attached hydrogens (tertiary/aromatic N) is 7. The molecule has 2 N–H and O–H groups in total. The summed E-state index contributed by atoms with van der Waals surface area (Å²) in [5, 5.41) is 15.6. The molecule has 0 bridgehead atoms. The number of anilines is 3. The number of aliphatic imine (C=N–C) groups is 1. The minimum atomic E-state index is -0.269. The molecule has 0 saturated carbocycles. The number of carbonyl (C=O) groups excluding carboxylic acids is 2. The predicted octanol–water partition coefficient (Wildman–Crippen LogP) is 4.56. The van der Waals surface area contributed by atoms with Crippen molar-refractivity contribution in [2.75, 3.05) is 55.1 Å². The maximum atomic E-state index is 13.4. The van der Waals surface area contributed by atoms with Crippen LogP contribution >= 0.6 is 0 Å². The van der Waals surface area contributed by atoms with Gasteiger partial charge in [0.15, 0.2) is 6.20 Å². The summed E-state index contributed by atoms with van der Waals surface area (Å²) in [6, 6.07) is 20.9. The number of aromatic nitrogens is 1.